The van der Waals surface area contributed by atoms with Crippen LogP contribution < -0.4 is 16.0 Å². The highest BCUT2D eigenvalue weighted by Crippen LogP contribution is 2.12. The van der Waals surface area contributed by atoms with E-state index in [1.54, 1.807) is 4.90 Å². The molecule has 1 fully saturated rings. The number of carbonyl (C=O) groups excluding carboxylic acids is 2. The summed E-state index contributed by atoms with van der Waals surface area (Å²) in [6.45, 7) is 1.80. The van der Waals surface area contributed by atoms with Crippen molar-refractivity contribution in [1.29, 1.82) is 0 Å². The van der Waals surface area contributed by atoms with Gasteiger partial charge in [0.25, 0.3) is 0 Å². The first kappa shape index (κ1) is 25.5. The molecule has 2 amide bonds. The molecule has 1 aliphatic rings. The molecule has 0 aromatic heterocycles. The third kappa shape index (κ3) is 8.61. The number of amides is 2. The van der Waals surface area contributed by atoms with Crippen molar-refractivity contribution in [3.8, 4) is 0 Å². The Balaban J connectivity index is 1.62. The van der Waals surface area contributed by atoms with Crippen LogP contribution in [0.1, 0.15) is 11.1 Å². The van der Waals surface area contributed by atoms with Crippen LogP contribution in [0.5, 0.6) is 0 Å². The molecule has 7 nitrogen and oxygen atoms in total. The molecule has 4 N–H and O–H groups in total. The van der Waals surface area contributed by atoms with Crippen LogP contribution in [0.2, 0.25) is 0 Å². The third-order valence-corrected chi connectivity index (χ3v) is 5.92. The van der Waals surface area contributed by atoms with Gasteiger partial charge in [0.05, 0.1) is 25.2 Å². The topological polar surface area (TPSA) is 93.7 Å². The maximum absolute atomic E-state index is 13.7. The van der Waals surface area contributed by atoms with Crippen LogP contribution in [0, 0.1) is 15.2 Å². The van der Waals surface area contributed by atoms with Crippen molar-refractivity contribution in [1.82, 2.24) is 20.9 Å². The molecule has 0 bridgehead atoms. The molecule has 0 saturated carbocycles. The van der Waals surface area contributed by atoms with Gasteiger partial charge in [-0.3, -0.25) is 14.5 Å². The molecular formula is C23H27F2IN4O3. The Bertz CT molecular complexity index is 958. The standard InChI is InChI=1S/C23H27F2IN4O3/c24-17-6-16(7-18(25)10-17)9-20(29-23(33)14-30-5-4-28-22(32)13-30)21(31)12-27-11-15-2-1-3-19(26)8-15/h1-3,6-8,10,20-21,27,31H,4-5,9,11-14H2,(H,28,32)(H,29,33)/t20-,21-/m0/s1. The SMILES string of the molecule is O=C1CN(CC(=O)N[C@@H](Cc2cc(F)cc(F)c2)[C@@H](O)CNCc2cccc(I)c2)CCN1. The first-order valence-electron chi connectivity index (χ1n) is 10.6. The largest absolute Gasteiger partial charge is 0.390 e. The van der Waals surface area contributed by atoms with Gasteiger partial charge in [0, 0.05) is 35.8 Å². The van der Waals surface area contributed by atoms with E-state index in [1.165, 1.54) is 12.1 Å². The highest BCUT2D eigenvalue weighted by molar-refractivity contribution is 14.1. The van der Waals surface area contributed by atoms with Crippen molar-refractivity contribution >= 4 is 34.4 Å². The monoisotopic (exact) mass is 572 g/mol. The van der Waals surface area contributed by atoms with Crippen LogP contribution in [0.4, 0.5) is 8.78 Å². The molecule has 1 aliphatic heterocycles. The molecule has 1 saturated heterocycles. The van der Waals surface area contributed by atoms with Gasteiger partial charge in [-0.1, -0.05) is 12.1 Å². The van der Waals surface area contributed by atoms with E-state index < -0.39 is 23.8 Å². The van der Waals surface area contributed by atoms with Crippen molar-refractivity contribution in [2.45, 2.75) is 25.1 Å². The predicted octanol–water partition coefficient (Wildman–Crippen LogP) is 1.18. The lowest BCUT2D eigenvalue weighted by Gasteiger charge is -2.28. The van der Waals surface area contributed by atoms with Gasteiger partial charge in [0.1, 0.15) is 11.6 Å². The van der Waals surface area contributed by atoms with Crippen molar-refractivity contribution in [3.05, 3.63) is 68.8 Å². The average molecular weight is 572 g/mol. The van der Waals surface area contributed by atoms with E-state index in [1.807, 2.05) is 24.3 Å². The quantitative estimate of drug-likeness (QED) is 0.321. The summed E-state index contributed by atoms with van der Waals surface area (Å²) in [6, 6.07) is 10.3. The Morgan fingerprint density at radius 3 is 2.64 bits per heavy atom. The van der Waals surface area contributed by atoms with Crippen molar-refractivity contribution in [2.75, 3.05) is 32.7 Å². The van der Waals surface area contributed by atoms with E-state index in [9.17, 15) is 23.5 Å². The van der Waals surface area contributed by atoms with Gasteiger partial charge in [0.15, 0.2) is 0 Å². The molecular weight excluding hydrogens is 545 g/mol. The molecule has 0 aliphatic carbocycles. The van der Waals surface area contributed by atoms with E-state index in [4.69, 9.17) is 0 Å². The second-order valence-corrected chi connectivity index (χ2v) is 9.29. The third-order valence-electron chi connectivity index (χ3n) is 5.25. The summed E-state index contributed by atoms with van der Waals surface area (Å²) in [5, 5.41) is 19.4. The van der Waals surface area contributed by atoms with E-state index in [0.717, 1.165) is 15.2 Å². The highest BCUT2D eigenvalue weighted by atomic mass is 127. The van der Waals surface area contributed by atoms with Crippen LogP contribution in [0.15, 0.2) is 42.5 Å². The maximum Gasteiger partial charge on any atom is 0.234 e. The lowest BCUT2D eigenvalue weighted by Crippen LogP contribution is -2.54. The maximum atomic E-state index is 13.7. The van der Waals surface area contributed by atoms with Crippen molar-refractivity contribution in [2.24, 2.45) is 0 Å². The van der Waals surface area contributed by atoms with Crippen LogP contribution in [0.3, 0.4) is 0 Å². The van der Waals surface area contributed by atoms with Gasteiger partial charge in [-0.2, -0.15) is 0 Å². The Kier molecular flexibility index (Phi) is 9.53. The summed E-state index contributed by atoms with van der Waals surface area (Å²) in [4.78, 5) is 25.9. The minimum atomic E-state index is -1.01. The summed E-state index contributed by atoms with van der Waals surface area (Å²) in [6.07, 6.45) is -0.958. The summed E-state index contributed by atoms with van der Waals surface area (Å²) in [7, 11) is 0. The van der Waals surface area contributed by atoms with Crippen LogP contribution in [-0.2, 0) is 22.6 Å². The minimum Gasteiger partial charge on any atom is -0.390 e. The van der Waals surface area contributed by atoms with Gasteiger partial charge in [-0.05, 0) is 64.4 Å². The number of benzene rings is 2. The molecule has 178 valence electrons. The fraction of sp³-hybridized carbons (Fsp3) is 0.391. The average Bonchev–Trinajstić information content (AvgIpc) is 2.72. The molecule has 0 radical (unpaired) electrons. The number of hydrogen-bond donors (Lipinski definition) is 4. The molecule has 1 heterocycles. The molecule has 2 atom stereocenters. The summed E-state index contributed by atoms with van der Waals surface area (Å²) in [5.41, 5.74) is 1.37. The lowest BCUT2D eigenvalue weighted by atomic mass is 10.0. The Hall–Kier alpha value is -2.15. The van der Waals surface area contributed by atoms with Gasteiger partial charge >= 0.3 is 0 Å². The number of rotatable bonds is 10. The van der Waals surface area contributed by atoms with E-state index >= 15 is 0 Å². The fourth-order valence-electron chi connectivity index (χ4n) is 3.70. The summed E-state index contributed by atoms with van der Waals surface area (Å²) in [5.74, 6) is -1.97. The van der Waals surface area contributed by atoms with Crippen LogP contribution in [0.25, 0.3) is 0 Å². The van der Waals surface area contributed by atoms with Crippen LogP contribution in [-0.4, -0.2) is 66.7 Å². The van der Waals surface area contributed by atoms with Crippen molar-refractivity contribution in [3.63, 3.8) is 0 Å². The molecule has 2 aromatic rings. The van der Waals surface area contributed by atoms with E-state index in [0.29, 0.717) is 25.2 Å². The molecule has 0 unspecified atom stereocenters. The number of piperazine rings is 1. The smallest absolute Gasteiger partial charge is 0.234 e. The number of halogens is 3. The minimum absolute atomic E-state index is 0.00989. The van der Waals surface area contributed by atoms with Gasteiger partial charge in [-0.15, -0.1) is 0 Å². The molecule has 10 heteroatoms. The predicted molar refractivity (Wildman–Crippen MR) is 128 cm³/mol. The molecule has 2 aromatic carbocycles. The first-order chi connectivity index (χ1) is 15.8. The molecule has 0 spiro atoms. The lowest BCUT2D eigenvalue weighted by molar-refractivity contribution is -0.127. The van der Waals surface area contributed by atoms with E-state index in [-0.39, 0.29) is 37.9 Å². The Morgan fingerprint density at radius 2 is 1.94 bits per heavy atom. The highest BCUT2D eigenvalue weighted by Gasteiger charge is 2.25. The second-order valence-electron chi connectivity index (χ2n) is 8.04. The normalized spacial score (nSPS) is 16.2. The zero-order valence-electron chi connectivity index (χ0n) is 18.0. The van der Waals surface area contributed by atoms with Gasteiger partial charge < -0.3 is 21.1 Å². The number of carbonyl (C=O) groups is 2. The zero-order chi connectivity index (χ0) is 23.8. The fourth-order valence-corrected chi connectivity index (χ4v) is 4.31. The van der Waals surface area contributed by atoms with Crippen molar-refractivity contribution < 1.29 is 23.5 Å². The molecule has 3 rings (SSSR count). The zero-order valence-corrected chi connectivity index (χ0v) is 20.1. The number of aliphatic hydroxyl groups excluding tert-OH is 1. The number of nitrogens with one attached hydrogen (secondary N) is 3. The van der Waals surface area contributed by atoms with Gasteiger partial charge in [-0.25, -0.2) is 8.78 Å². The van der Waals surface area contributed by atoms with E-state index in [2.05, 4.69) is 38.5 Å². The molecule has 33 heavy (non-hydrogen) atoms. The van der Waals surface area contributed by atoms with Crippen LogP contribution >= 0.6 is 22.6 Å². The number of aliphatic hydroxyl groups is 1. The second kappa shape index (κ2) is 12.4. The van der Waals surface area contributed by atoms with Gasteiger partial charge in [0.2, 0.25) is 11.8 Å². The first-order valence-corrected chi connectivity index (χ1v) is 11.7. The number of hydrogen-bond acceptors (Lipinski definition) is 5. The number of nitrogens with zero attached hydrogens (tertiary/aromatic N) is 1. The summed E-state index contributed by atoms with van der Waals surface area (Å²) < 4.78 is 28.4. The Labute approximate surface area is 205 Å². The Morgan fingerprint density at radius 1 is 1.18 bits per heavy atom. The summed E-state index contributed by atoms with van der Waals surface area (Å²) >= 11 is 2.22.